The SMILES string of the molecule is OC[C@H]1O[C@]2(OCc3ccc(Cc4ccc(OC(F)(F)F)cc4)cc32)[C@H](O)[C@@H](O)[C@@H]1O. The second-order valence-corrected chi connectivity index (χ2v) is 7.58. The van der Waals surface area contributed by atoms with Crippen LogP contribution in [-0.2, 0) is 28.3 Å². The Morgan fingerprint density at radius 3 is 2.32 bits per heavy atom. The van der Waals surface area contributed by atoms with Crippen LogP contribution >= 0.6 is 0 Å². The minimum atomic E-state index is -4.76. The lowest BCUT2D eigenvalue weighted by molar-refractivity contribution is -0.368. The quantitative estimate of drug-likeness (QED) is 0.566. The molecule has 0 bridgehead atoms. The van der Waals surface area contributed by atoms with Gasteiger partial charge in [-0.25, -0.2) is 0 Å². The van der Waals surface area contributed by atoms with Crippen LogP contribution in [0.5, 0.6) is 5.75 Å². The number of hydrogen-bond donors (Lipinski definition) is 4. The first kappa shape index (κ1) is 22.0. The van der Waals surface area contributed by atoms with Gasteiger partial charge in [-0.3, -0.25) is 0 Å². The molecule has 5 atom stereocenters. The highest BCUT2D eigenvalue weighted by molar-refractivity contribution is 5.41. The Bertz CT molecular complexity index is 932. The zero-order valence-corrected chi connectivity index (χ0v) is 16.1. The van der Waals surface area contributed by atoms with Crippen LogP contribution in [0.25, 0.3) is 0 Å². The molecule has 4 rings (SSSR count). The molecule has 2 aliphatic rings. The summed E-state index contributed by atoms with van der Waals surface area (Å²) in [5, 5.41) is 40.4. The number of halogens is 3. The summed E-state index contributed by atoms with van der Waals surface area (Å²) in [6.45, 7) is -0.492. The molecule has 7 nitrogen and oxygen atoms in total. The van der Waals surface area contributed by atoms with E-state index in [1.807, 2.05) is 6.07 Å². The fourth-order valence-corrected chi connectivity index (χ4v) is 3.97. The summed E-state index contributed by atoms with van der Waals surface area (Å²) >= 11 is 0. The van der Waals surface area contributed by atoms with E-state index in [9.17, 15) is 33.6 Å². The van der Waals surface area contributed by atoms with Crippen LogP contribution in [0.15, 0.2) is 42.5 Å². The Kier molecular flexibility index (Phi) is 5.71. The average molecular weight is 442 g/mol. The van der Waals surface area contributed by atoms with Gasteiger partial charge in [0.15, 0.2) is 0 Å². The summed E-state index contributed by atoms with van der Waals surface area (Å²) in [4.78, 5) is 0. The number of fused-ring (bicyclic) bond motifs is 2. The number of alkyl halides is 3. The van der Waals surface area contributed by atoms with Gasteiger partial charge in [0, 0.05) is 5.56 Å². The fourth-order valence-electron chi connectivity index (χ4n) is 3.97. The third kappa shape index (κ3) is 4.14. The van der Waals surface area contributed by atoms with Crippen molar-refractivity contribution in [2.24, 2.45) is 0 Å². The maximum Gasteiger partial charge on any atom is 0.573 e. The number of ether oxygens (including phenoxy) is 3. The topological polar surface area (TPSA) is 109 Å². The fraction of sp³-hybridized carbons (Fsp3) is 0.429. The standard InChI is InChI=1S/C21H21F3O7/c22-21(23,24)30-14-5-2-11(3-6-14)7-12-1-4-13-10-29-20(15(13)8-12)19(28)18(27)17(26)16(9-25)31-20/h1-6,8,16-19,25-28H,7,9-10H2/t16-,17-,18+,19-,20+/m1/s1. The zero-order chi connectivity index (χ0) is 22.4. The Balaban J connectivity index is 1.59. The van der Waals surface area contributed by atoms with Crippen LogP contribution in [0.1, 0.15) is 22.3 Å². The van der Waals surface area contributed by atoms with E-state index in [2.05, 4.69) is 4.74 Å². The Labute approximate surface area is 175 Å². The molecule has 2 aliphatic heterocycles. The molecule has 2 heterocycles. The van der Waals surface area contributed by atoms with E-state index in [1.165, 1.54) is 24.3 Å². The molecule has 1 spiro atoms. The van der Waals surface area contributed by atoms with Crippen LogP contribution in [-0.4, -0.2) is 57.8 Å². The van der Waals surface area contributed by atoms with Crippen LogP contribution in [0, 0.1) is 0 Å². The lowest BCUT2D eigenvalue weighted by Crippen LogP contribution is -2.63. The highest BCUT2D eigenvalue weighted by Crippen LogP contribution is 2.46. The summed E-state index contributed by atoms with van der Waals surface area (Å²) in [5.41, 5.74) is 2.64. The van der Waals surface area contributed by atoms with Gasteiger partial charge in [0.25, 0.3) is 0 Å². The van der Waals surface area contributed by atoms with Crippen molar-refractivity contribution in [1.82, 2.24) is 0 Å². The van der Waals surface area contributed by atoms with Crippen LogP contribution < -0.4 is 4.74 Å². The first-order chi connectivity index (χ1) is 14.6. The monoisotopic (exact) mass is 442 g/mol. The minimum absolute atomic E-state index is 0.0944. The molecule has 10 heteroatoms. The van der Waals surface area contributed by atoms with Gasteiger partial charge in [-0.05, 0) is 41.3 Å². The van der Waals surface area contributed by atoms with Crippen molar-refractivity contribution in [3.63, 3.8) is 0 Å². The predicted molar refractivity (Wildman–Crippen MR) is 98.8 cm³/mol. The molecular formula is C21H21F3O7. The summed E-state index contributed by atoms with van der Waals surface area (Å²) in [6, 6.07) is 10.7. The summed E-state index contributed by atoms with van der Waals surface area (Å²) in [7, 11) is 0. The van der Waals surface area contributed by atoms with Crippen molar-refractivity contribution < 1.29 is 47.8 Å². The molecule has 0 aliphatic carbocycles. The van der Waals surface area contributed by atoms with Crippen molar-refractivity contribution in [3.8, 4) is 5.75 Å². The molecule has 2 aromatic rings. The van der Waals surface area contributed by atoms with Crippen LogP contribution in [0.3, 0.4) is 0 Å². The van der Waals surface area contributed by atoms with E-state index < -0.39 is 43.2 Å². The Hall–Kier alpha value is -2.21. The van der Waals surface area contributed by atoms with Crippen molar-refractivity contribution in [2.75, 3.05) is 6.61 Å². The lowest BCUT2D eigenvalue weighted by Gasteiger charge is -2.46. The van der Waals surface area contributed by atoms with Crippen molar-refractivity contribution in [3.05, 3.63) is 64.7 Å². The van der Waals surface area contributed by atoms with E-state index in [4.69, 9.17) is 9.47 Å². The van der Waals surface area contributed by atoms with Gasteiger partial charge in [-0.2, -0.15) is 0 Å². The number of rotatable bonds is 4. The van der Waals surface area contributed by atoms with Crippen LogP contribution in [0.4, 0.5) is 13.2 Å². The number of aliphatic hydroxyl groups is 4. The molecule has 31 heavy (non-hydrogen) atoms. The second-order valence-electron chi connectivity index (χ2n) is 7.58. The average Bonchev–Trinajstić information content (AvgIpc) is 3.08. The normalized spacial score (nSPS) is 30.4. The van der Waals surface area contributed by atoms with Crippen molar-refractivity contribution in [2.45, 2.75) is 49.6 Å². The third-order valence-corrected chi connectivity index (χ3v) is 5.51. The molecule has 2 aromatic carbocycles. The smallest absolute Gasteiger partial charge is 0.406 e. The van der Waals surface area contributed by atoms with Gasteiger partial charge in [0.2, 0.25) is 5.79 Å². The van der Waals surface area contributed by atoms with E-state index in [-0.39, 0.29) is 12.4 Å². The Morgan fingerprint density at radius 2 is 1.68 bits per heavy atom. The highest BCUT2D eigenvalue weighted by atomic mass is 19.4. The largest absolute Gasteiger partial charge is 0.573 e. The molecule has 0 aromatic heterocycles. The zero-order valence-electron chi connectivity index (χ0n) is 16.1. The van der Waals surface area contributed by atoms with E-state index >= 15 is 0 Å². The lowest BCUT2D eigenvalue weighted by atomic mass is 9.86. The molecular weight excluding hydrogens is 421 g/mol. The molecule has 0 unspecified atom stereocenters. The molecule has 0 amide bonds. The highest BCUT2D eigenvalue weighted by Gasteiger charge is 2.58. The Morgan fingerprint density at radius 1 is 1.00 bits per heavy atom. The number of aliphatic hydroxyl groups excluding tert-OH is 4. The number of benzene rings is 2. The maximum atomic E-state index is 12.3. The summed E-state index contributed by atoms with van der Waals surface area (Å²) < 4.78 is 52.2. The first-order valence-corrected chi connectivity index (χ1v) is 9.57. The van der Waals surface area contributed by atoms with Crippen molar-refractivity contribution in [1.29, 1.82) is 0 Å². The van der Waals surface area contributed by atoms with Crippen LogP contribution in [0.2, 0.25) is 0 Å². The van der Waals surface area contributed by atoms with E-state index in [0.29, 0.717) is 17.5 Å². The van der Waals surface area contributed by atoms with Gasteiger partial charge in [-0.1, -0.05) is 24.3 Å². The molecule has 0 saturated carbocycles. The number of hydrogen-bond acceptors (Lipinski definition) is 7. The third-order valence-electron chi connectivity index (χ3n) is 5.51. The molecule has 1 saturated heterocycles. The van der Waals surface area contributed by atoms with Crippen molar-refractivity contribution >= 4 is 0 Å². The molecule has 1 fully saturated rings. The summed E-state index contributed by atoms with van der Waals surface area (Å²) in [5.74, 6) is -2.07. The molecule has 4 N–H and O–H groups in total. The minimum Gasteiger partial charge on any atom is -0.406 e. The van der Waals surface area contributed by atoms with Gasteiger partial charge in [0.1, 0.15) is 30.2 Å². The maximum absolute atomic E-state index is 12.3. The molecule has 0 radical (unpaired) electrons. The van der Waals surface area contributed by atoms with Gasteiger partial charge in [-0.15, -0.1) is 13.2 Å². The van der Waals surface area contributed by atoms with Gasteiger partial charge in [0.05, 0.1) is 13.2 Å². The van der Waals surface area contributed by atoms with E-state index in [1.54, 1.807) is 12.1 Å². The predicted octanol–water partition coefficient (Wildman–Crippen LogP) is 1.33. The second kappa shape index (κ2) is 8.05. The summed E-state index contributed by atoms with van der Waals surface area (Å²) in [6.07, 6.45) is -10.2. The molecule has 168 valence electrons. The van der Waals surface area contributed by atoms with E-state index in [0.717, 1.165) is 11.1 Å². The van der Waals surface area contributed by atoms with Gasteiger partial charge < -0.3 is 34.6 Å². The first-order valence-electron chi connectivity index (χ1n) is 9.57. The van der Waals surface area contributed by atoms with Gasteiger partial charge >= 0.3 is 6.36 Å².